The van der Waals surface area contributed by atoms with Gasteiger partial charge in [-0.3, -0.25) is 0 Å². The van der Waals surface area contributed by atoms with Crippen LogP contribution in [0.4, 0.5) is 5.69 Å². The van der Waals surface area contributed by atoms with E-state index >= 15 is 0 Å². The molecule has 16 heavy (non-hydrogen) atoms. The zero-order valence-electron chi connectivity index (χ0n) is 8.56. The Kier molecular flexibility index (Phi) is 5.06. The second-order valence-corrected chi connectivity index (χ2v) is 2.89. The summed E-state index contributed by atoms with van der Waals surface area (Å²) in [6, 6.07) is 7.27. The van der Waals surface area contributed by atoms with Gasteiger partial charge < -0.3 is 0 Å². The molecule has 0 fully saturated rings. The fourth-order valence-electron chi connectivity index (χ4n) is 1.16. The molecule has 6 heteroatoms. The molecule has 0 aliphatic rings. The summed E-state index contributed by atoms with van der Waals surface area (Å²) in [7, 11) is 0. The van der Waals surface area contributed by atoms with Gasteiger partial charge in [-0.25, -0.2) is 0 Å². The average molecular weight is 214 g/mol. The van der Waals surface area contributed by atoms with E-state index in [0.717, 1.165) is 5.56 Å². The third-order valence-corrected chi connectivity index (χ3v) is 1.85. The van der Waals surface area contributed by atoms with Crippen molar-refractivity contribution in [2.45, 2.75) is 6.42 Å². The summed E-state index contributed by atoms with van der Waals surface area (Å²) in [5, 5.41) is 6.98. The van der Waals surface area contributed by atoms with Crippen molar-refractivity contribution in [2.24, 2.45) is 10.2 Å². The Labute approximate surface area is 92.5 Å². The highest BCUT2D eigenvalue weighted by Crippen LogP contribution is 2.20. The summed E-state index contributed by atoms with van der Waals surface area (Å²) < 4.78 is 0. The topological polar surface area (TPSA) is 97.5 Å². The maximum atomic E-state index is 8.36. The maximum Gasteiger partial charge on any atom is 0.0447 e. The third kappa shape index (κ3) is 3.75. The molecule has 0 aliphatic carbocycles. The van der Waals surface area contributed by atoms with E-state index in [0.29, 0.717) is 18.7 Å². The summed E-state index contributed by atoms with van der Waals surface area (Å²) in [5.41, 5.74) is 17.9. The third-order valence-electron chi connectivity index (χ3n) is 1.85. The Morgan fingerprint density at radius 2 is 2.00 bits per heavy atom. The Morgan fingerprint density at radius 1 is 1.19 bits per heavy atom. The van der Waals surface area contributed by atoms with Crippen LogP contribution in [0, 0.1) is 0 Å². The molecule has 0 unspecified atom stereocenters. The van der Waals surface area contributed by atoms with Gasteiger partial charge in [0.05, 0.1) is 0 Å². The van der Waals surface area contributed by atoms with Crippen molar-refractivity contribution in [3.05, 3.63) is 56.8 Å². The maximum absolute atomic E-state index is 8.36. The molecule has 0 bridgehead atoms. The Bertz CT molecular complexity index is 466. The van der Waals surface area contributed by atoms with Crippen LogP contribution >= 0.6 is 0 Å². The minimum Gasteiger partial charge on any atom is -0.0937 e. The average Bonchev–Trinajstić information content (AvgIpc) is 2.31. The second-order valence-electron chi connectivity index (χ2n) is 2.89. The number of azide groups is 2. The SMILES string of the molecule is [N-]=[N+]=NCCC=Cc1ccccc1N=[N+]=[N-]. The summed E-state index contributed by atoms with van der Waals surface area (Å²) in [6.45, 7) is 0.427. The van der Waals surface area contributed by atoms with Crippen molar-refractivity contribution in [3.8, 4) is 0 Å². The Hall–Kier alpha value is -2.42. The van der Waals surface area contributed by atoms with Crippen LogP contribution in [0.2, 0.25) is 0 Å². The second kappa shape index (κ2) is 6.95. The minimum absolute atomic E-state index is 0.427. The molecule has 0 spiro atoms. The van der Waals surface area contributed by atoms with Crippen molar-refractivity contribution in [1.29, 1.82) is 0 Å². The van der Waals surface area contributed by atoms with Crippen LogP contribution in [-0.2, 0) is 0 Å². The van der Waals surface area contributed by atoms with Crippen molar-refractivity contribution in [3.63, 3.8) is 0 Å². The Balaban J connectivity index is 2.72. The highest BCUT2D eigenvalue weighted by Gasteiger charge is 1.93. The standard InChI is InChI=1S/C10H10N6/c11-15-13-8-4-3-6-9-5-1-2-7-10(9)14-16-12/h1-3,5-7H,4,8H2. The molecule has 1 aromatic rings. The molecule has 6 nitrogen and oxygen atoms in total. The number of hydrogen-bond acceptors (Lipinski definition) is 2. The molecule has 1 aromatic carbocycles. The lowest BCUT2D eigenvalue weighted by Crippen LogP contribution is -1.75. The highest BCUT2D eigenvalue weighted by molar-refractivity contribution is 5.63. The molecular formula is C10H10N6. The minimum atomic E-state index is 0.427. The van der Waals surface area contributed by atoms with Crippen LogP contribution in [0.25, 0.3) is 27.0 Å². The van der Waals surface area contributed by atoms with Gasteiger partial charge in [0.15, 0.2) is 0 Å². The quantitative estimate of drug-likeness (QED) is 0.301. The first kappa shape index (κ1) is 11.7. The van der Waals surface area contributed by atoms with Crippen molar-refractivity contribution >= 4 is 11.8 Å². The van der Waals surface area contributed by atoms with Crippen LogP contribution in [0.1, 0.15) is 12.0 Å². The van der Waals surface area contributed by atoms with Crippen LogP contribution < -0.4 is 0 Å². The Morgan fingerprint density at radius 3 is 2.75 bits per heavy atom. The fraction of sp³-hybridized carbons (Fsp3) is 0.200. The molecule has 0 saturated heterocycles. The zero-order chi connectivity index (χ0) is 11.6. The van der Waals surface area contributed by atoms with E-state index in [9.17, 15) is 0 Å². The number of rotatable bonds is 5. The van der Waals surface area contributed by atoms with E-state index in [1.54, 1.807) is 12.1 Å². The predicted octanol–water partition coefficient (Wildman–Crippen LogP) is 4.34. The van der Waals surface area contributed by atoms with Crippen molar-refractivity contribution in [1.82, 2.24) is 0 Å². The normalized spacial score (nSPS) is 9.50. The van der Waals surface area contributed by atoms with E-state index in [-0.39, 0.29) is 0 Å². The number of benzene rings is 1. The zero-order valence-corrected chi connectivity index (χ0v) is 8.56. The van der Waals surface area contributed by atoms with Crippen molar-refractivity contribution < 1.29 is 0 Å². The van der Waals surface area contributed by atoms with Gasteiger partial charge in [-0.05, 0) is 23.0 Å². The van der Waals surface area contributed by atoms with E-state index in [1.165, 1.54) is 0 Å². The molecule has 80 valence electrons. The highest BCUT2D eigenvalue weighted by atomic mass is 15.1. The van der Waals surface area contributed by atoms with Gasteiger partial charge in [-0.2, -0.15) is 0 Å². The molecule has 0 aromatic heterocycles. The number of nitrogens with zero attached hydrogens (tertiary/aromatic N) is 6. The first-order chi connectivity index (χ1) is 7.88. The molecule has 0 atom stereocenters. The molecule has 0 N–H and O–H groups in total. The van der Waals surface area contributed by atoms with Gasteiger partial charge in [0.25, 0.3) is 0 Å². The summed E-state index contributed by atoms with van der Waals surface area (Å²) in [4.78, 5) is 5.40. The van der Waals surface area contributed by atoms with E-state index < -0.39 is 0 Å². The summed E-state index contributed by atoms with van der Waals surface area (Å²) in [5.74, 6) is 0. The molecule has 0 saturated carbocycles. The van der Waals surface area contributed by atoms with Gasteiger partial charge >= 0.3 is 0 Å². The van der Waals surface area contributed by atoms with E-state index in [1.807, 2.05) is 24.3 Å². The molecule has 0 aliphatic heterocycles. The first-order valence-corrected chi connectivity index (χ1v) is 4.70. The van der Waals surface area contributed by atoms with E-state index in [4.69, 9.17) is 11.1 Å². The smallest absolute Gasteiger partial charge is 0.0447 e. The van der Waals surface area contributed by atoms with Gasteiger partial charge in [-0.1, -0.05) is 46.6 Å². The van der Waals surface area contributed by atoms with Gasteiger partial charge in [0.2, 0.25) is 0 Å². The van der Waals surface area contributed by atoms with E-state index in [2.05, 4.69) is 20.1 Å². The molecular weight excluding hydrogens is 204 g/mol. The summed E-state index contributed by atoms with van der Waals surface area (Å²) >= 11 is 0. The summed E-state index contributed by atoms with van der Waals surface area (Å²) in [6.07, 6.45) is 4.38. The fourth-order valence-corrected chi connectivity index (χ4v) is 1.16. The van der Waals surface area contributed by atoms with Gasteiger partial charge in [0, 0.05) is 22.1 Å². The molecule has 0 radical (unpaired) electrons. The van der Waals surface area contributed by atoms with Crippen LogP contribution in [0.15, 0.2) is 40.6 Å². The van der Waals surface area contributed by atoms with Crippen LogP contribution in [-0.4, -0.2) is 6.54 Å². The van der Waals surface area contributed by atoms with Gasteiger partial charge in [0.1, 0.15) is 0 Å². The number of hydrogen-bond donors (Lipinski definition) is 0. The predicted molar refractivity (Wildman–Crippen MR) is 62.9 cm³/mol. The van der Waals surface area contributed by atoms with Gasteiger partial charge in [-0.15, -0.1) is 0 Å². The lowest BCUT2D eigenvalue weighted by Gasteiger charge is -1.97. The monoisotopic (exact) mass is 214 g/mol. The molecule has 0 amide bonds. The van der Waals surface area contributed by atoms with Crippen LogP contribution in [0.3, 0.4) is 0 Å². The molecule has 1 rings (SSSR count). The largest absolute Gasteiger partial charge is 0.0937 e. The van der Waals surface area contributed by atoms with Crippen LogP contribution in [0.5, 0.6) is 0 Å². The first-order valence-electron chi connectivity index (χ1n) is 4.70. The molecule has 0 heterocycles. The lowest BCUT2D eigenvalue weighted by atomic mass is 10.1. The van der Waals surface area contributed by atoms with Crippen molar-refractivity contribution in [2.75, 3.05) is 6.54 Å². The lowest BCUT2D eigenvalue weighted by molar-refractivity contribution is 0.996.